The van der Waals surface area contributed by atoms with Gasteiger partial charge in [-0.2, -0.15) is 4.52 Å². The summed E-state index contributed by atoms with van der Waals surface area (Å²) in [6.45, 7) is 16.1. The first-order valence-electron chi connectivity index (χ1n) is 15.6. The minimum atomic E-state index is -1.39. The van der Waals surface area contributed by atoms with Crippen LogP contribution in [-0.4, -0.2) is 112 Å². The number of hydrogen-bond acceptors (Lipinski definition) is 5. The molecule has 0 aromatic carbocycles. The molecule has 0 aromatic heterocycles. The van der Waals surface area contributed by atoms with Crippen LogP contribution < -0.4 is 0 Å². The van der Waals surface area contributed by atoms with Crippen LogP contribution in [0.25, 0.3) is 0 Å². The van der Waals surface area contributed by atoms with E-state index in [0.717, 1.165) is 31.1 Å². The van der Waals surface area contributed by atoms with Crippen molar-refractivity contribution in [3.63, 3.8) is 0 Å². The Balaban J connectivity index is 1.55. The molecule has 3 aliphatic rings. The molecule has 1 saturated heterocycles. The van der Waals surface area contributed by atoms with Gasteiger partial charge in [-0.15, -0.1) is 17.7 Å². The summed E-state index contributed by atoms with van der Waals surface area (Å²) in [7, 11) is 0.0757. The molecule has 2 saturated carbocycles. The van der Waals surface area contributed by atoms with Crippen molar-refractivity contribution in [2.45, 2.75) is 84.9 Å². The van der Waals surface area contributed by atoms with Crippen molar-refractivity contribution in [2.24, 2.45) is 41.4 Å². The maximum atomic E-state index is 10.6. The number of rotatable bonds is 14. The summed E-state index contributed by atoms with van der Waals surface area (Å²) >= 11 is 0. The maximum Gasteiger partial charge on any atom is 0.423 e. The van der Waals surface area contributed by atoms with Crippen LogP contribution in [0, 0.1) is 41.4 Å². The Morgan fingerprint density at radius 2 is 1.51 bits per heavy atom. The van der Waals surface area contributed by atoms with E-state index in [1.165, 1.54) is 5.90 Å². The fraction of sp³-hybridized carbons (Fsp3) is 0.875. The summed E-state index contributed by atoms with van der Waals surface area (Å²) in [6.07, 6.45) is 23.2. The summed E-state index contributed by atoms with van der Waals surface area (Å²) in [5.74, 6) is 5.33. The second-order valence-corrected chi connectivity index (χ2v) is 26.8. The second kappa shape index (κ2) is 14.9. The Kier molecular flexibility index (Phi) is 13.1. The molecule has 41 heavy (non-hydrogen) atoms. The van der Waals surface area contributed by atoms with Gasteiger partial charge in [0.05, 0.1) is 38.3 Å². The van der Waals surface area contributed by atoms with Crippen molar-refractivity contribution in [1.29, 1.82) is 0 Å². The third-order valence-electron chi connectivity index (χ3n) is 10.4. The van der Waals surface area contributed by atoms with E-state index < -0.39 is 29.3 Å². The van der Waals surface area contributed by atoms with Gasteiger partial charge in [-0.05, 0) is 74.7 Å². The molecule has 0 aromatic rings. The number of aliphatic hydroxyl groups excluding tert-OH is 1. The lowest BCUT2D eigenvalue weighted by Gasteiger charge is -2.30. The molecule has 238 valence electrons. The number of aliphatic hydroxyl groups is 1. The largest absolute Gasteiger partial charge is 0.423 e. The summed E-state index contributed by atoms with van der Waals surface area (Å²) in [4.78, 5) is 0. The van der Waals surface area contributed by atoms with Crippen molar-refractivity contribution in [1.82, 2.24) is 0 Å². The van der Waals surface area contributed by atoms with Crippen molar-refractivity contribution in [2.75, 3.05) is 51.2 Å². The number of methoxy groups -OCH3 is 1. The summed E-state index contributed by atoms with van der Waals surface area (Å²) < 4.78 is 25.0. The van der Waals surface area contributed by atoms with E-state index >= 15 is 0 Å². The van der Waals surface area contributed by atoms with Crippen molar-refractivity contribution in [3.8, 4) is 0 Å². The van der Waals surface area contributed by atoms with Gasteiger partial charge in [-0.3, -0.25) is 0 Å². The van der Waals surface area contributed by atoms with E-state index in [9.17, 15) is 5.11 Å². The zero-order chi connectivity index (χ0) is 30.9. The first-order valence-corrected chi connectivity index (χ1v) is 24.5. The van der Waals surface area contributed by atoms with E-state index in [4.69, 9.17) is 37.4 Å². The smallest absolute Gasteiger partial charge is 0.392 e. The van der Waals surface area contributed by atoms with Crippen LogP contribution in [0.2, 0.25) is 0 Å². The van der Waals surface area contributed by atoms with Gasteiger partial charge in [0.1, 0.15) is 31.1 Å². The molecule has 1 heterocycles. The zero-order valence-electron chi connectivity index (χ0n) is 27.6. The van der Waals surface area contributed by atoms with E-state index in [1.807, 2.05) is 0 Å². The minimum Gasteiger partial charge on any atom is -0.392 e. The topological polar surface area (TPSA) is 57.2 Å². The Morgan fingerprint density at radius 3 is 2.05 bits per heavy atom. The van der Waals surface area contributed by atoms with Crippen LogP contribution in [0.1, 0.15) is 54.4 Å². The van der Waals surface area contributed by atoms with Gasteiger partial charge in [0.25, 0.3) is 0 Å². The van der Waals surface area contributed by atoms with Gasteiger partial charge < -0.3 is 14.6 Å². The van der Waals surface area contributed by atoms with Crippen LogP contribution in [0.4, 0.5) is 0 Å². The van der Waals surface area contributed by atoms with Crippen LogP contribution in [-0.2, 0) is 18.5 Å². The molecule has 16 unspecified atom stereocenters. The highest BCUT2D eigenvalue weighted by atomic mass is 31.2. The highest BCUT2D eigenvalue weighted by molar-refractivity contribution is 7.92. The molecule has 2 aliphatic carbocycles. The average Bonchev–Trinajstić information content (AvgIpc) is 3.37. The molecule has 3 rings (SSSR count). The fourth-order valence-electron chi connectivity index (χ4n) is 7.87. The third kappa shape index (κ3) is 9.62. The van der Waals surface area contributed by atoms with E-state index in [0.29, 0.717) is 54.3 Å². The van der Waals surface area contributed by atoms with Crippen LogP contribution in [0.15, 0.2) is 0 Å². The Morgan fingerprint density at radius 1 is 0.878 bits per heavy atom. The maximum absolute atomic E-state index is 10.6. The number of ether oxygens (including phenoxy) is 2. The molecule has 9 heteroatoms. The lowest BCUT2D eigenvalue weighted by Crippen LogP contribution is -2.32. The Labute approximate surface area is 255 Å². The lowest BCUT2D eigenvalue weighted by atomic mass is 9.92. The monoisotopic (exact) mass is 650 g/mol. The van der Waals surface area contributed by atoms with Crippen LogP contribution in [0.5, 0.6) is 0 Å². The average molecular weight is 651 g/mol. The molecule has 1 aliphatic heterocycles. The van der Waals surface area contributed by atoms with Crippen molar-refractivity contribution >= 4 is 54.5 Å². The van der Waals surface area contributed by atoms with Crippen molar-refractivity contribution < 1.29 is 23.6 Å². The molecule has 0 amide bonds. The highest BCUT2D eigenvalue weighted by Gasteiger charge is 2.48. The molecular formula is C32H62O5P4+2. The molecular weight excluding hydrogens is 588 g/mol. The molecule has 0 radical (unpaired) electrons. The van der Waals surface area contributed by atoms with E-state index in [1.54, 1.807) is 7.11 Å². The SMILES string of the molecule is C=[P+](CC1CC(C)C(OC)C1O[P+](=C)OCC1CC(C)C(C)C1O)CP(=C)(C)CP(=C)(C)CC1OC(C)C(C)C1C. The molecule has 1 N–H and O–H groups in total. The van der Waals surface area contributed by atoms with Crippen molar-refractivity contribution in [3.05, 3.63) is 0 Å². The Hall–Kier alpha value is 0.740. The molecule has 0 spiro atoms. The molecule has 5 nitrogen and oxygen atoms in total. The summed E-state index contributed by atoms with van der Waals surface area (Å²) in [5, 5.41) is 10.6. The van der Waals surface area contributed by atoms with Gasteiger partial charge in [0, 0.05) is 18.9 Å². The van der Waals surface area contributed by atoms with E-state index in [-0.39, 0.29) is 24.2 Å². The highest BCUT2D eigenvalue weighted by Crippen LogP contribution is 2.62. The number of hydrogen-bond donors (Lipinski definition) is 1. The first kappa shape index (κ1) is 36.2. The van der Waals surface area contributed by atoms with Gasteiger partial charge in [-0.1, -0.05) is 47.8 Å². The van der Waals surface area contributed by atoms with Gasteiger partial charge in [-0.25, -0.2) is 0 Å². The van der Waals surface area contributed by atoms with Crippen LogP contribution >= 0.6 is 29.3 Å². The predicted molar refractivity (Wildman–Crippen MR) is 191 cm³/mol. The predicted octanol–water partition coefficient (Wildman–Crippen LogP) is 7.50. The fourth-order valence-corrected chi connectivity index (χ4v) is 23.7. The second-order valence-electron chi connectivity index (χ2n) is 14.9. The molecule has 16 atom stereocenters. The molecule has 3 fully saturated rings. The zero-order valence-corrected chi connectivity index (χ0v) is 31.2. The van der Waals surface area contributed by atoms with Gasteiger partial charge in [0.15, 0.2) is 0 Å². The first-order chi connectivity index (χ1) is 18.9. The Bertz CT molecular complexity index is 1020. The third-order valence-corrected chi connectivity index (χ3v) is 23.4. The molecule has 0 bridgehead atoms. The van der Waals surface area contributed by atoms with E-state index in [2.05, 4.69) is 61.2 Å². The van der Waals surface area contributed by atoms with Crippen LogP contribution in [0.3, 0.4) is 0 Å². The normalized spacial score (nSPS) is 43.1. The standard InChI is InChI=1S/C32H62O5P4/c1-21-14-27(30(33)23(21)3)16-35-39(9)37-32-28(15-22(2)31(32)34-7)17-38(8)19-41(12,13)20-40(10,11)18-29-25(5)24(4)26(6)36-29/h21-33H,8-10,12,14-20H2,1-7,11,13H3/q+2. The summed E-state index contributed by atoms with van der Waals surface area (Å²) in [5.41, 5.74) is 0. The van der Waals surface area contributed by atoms with Gasteiger partial charge >= 0.3 is 8.00 Å². The quantitative estimate of drug-likeness (QED) is 0.197. The lowest BCUT2D eigenvalue weighted by molar-refractivity contribution is -0.00781. The minimum absolute atomic E-state index is 0.0262. The van der Waals surface area contributed by atoms with Gasteiger partial charge in [0.2, 0.25) is 0 Å². The summed E-state index contributed by atoms with van der Waals surface area (Å²) in [6, 6.07) is 0.